The quantitative estimate of drug-likeness (QED) is 0.666. The Bertz CT molecular complexity index is 867. The van der Waals surface area contributed by atoms with Crippen molar-refractivity contribution in [3.05, 3.63) is 47.8 Å². The fourth-order valence-electron chi connectivity index (χ4n) is 2.49. The van der Waals surface area contributed by atoms with Gasteiger partial charge < -0.3 is 5.32 Å². The van der Waals surface area contributed by atoms with Gasteiger partial charge in [0.1, 0.15) is 12.1 Å². The topological polar surface area (TPSA) is 50.7 Å². The molecule has 3 aromatic rings. The predicted molar refractivity (Wildman–Crippen MR) is 95.7 cm³/mol. The van der Waals surface area contributed by atoms with E-state index in [0.29, 0.717) is 17.0 Å². The molecule has 2 aromatic heterocycles. The monoisotopic (exact) mass is 344 g/mol. The lowest BCUT2D eigenvalue weighted by Crippen LogP contribution is -2.07. The van der Waals surface area contributed by atoms with Crippen LogP contribution in [0.3, 0.4) is 0 Å². The van der Waals surface area contributed by atoms with Crippen LogP contribution >= 0.6 is 11.6 Å². The molecule has 0 amide bonds. The zero-order valence-electron chi connectivity index (χ0n) is 13.6. The highest BCUT2D eigenvalue weighted by Crippen LogP contribution is 2.30. The van der Waals surface area contributed by atoms with Crippen LogP contribution in [0.1, 0.15) is 20.3 Å². The van der Waals surface area contributed by atoms with E-state index in [4.69, 9.17) is 11.6 Å². The Morgan fingerprint density at radius 1 is 1.17 bits per heavy atom. The van der Waals surface area contributed by atoms with Gasteiger partial charge in [-0.3, -0.25) is 0 Å². The van der Waals surface area contributed by atoms with E-state index in [2.05, 4.69) is 34.1 Å². The molecule has 0 bridgehead atoms. The molecule has 24 heavy (non-hydrogen) atoms. The minimum Gasteiger partial charge on any atom is -0.369 e. The number of halogens is 2. The van der Waals surface area contributed by atoms with E-state index in [-0.39, 0.29) is 5.15 Å². The number of anilines is 1. The molecule has 2 heterocycles. The van der Waals surface area contributed by atoms with E-state index < -0.39 is 5.82 Å². The summed E-state index contributed by atoms with van der Waals surface area (Å²) in [5.41, 5.74) is 1.93. The highest BCUT2D eigenvalue weighted by Gasteiger charge is 2.12. The minimum atomic E-state index is -0.523. The second kappa shape index (κ2) is 7.09. The van der Waals surface area contributed by atoms with Crippen LogP contribution < -0.4 is 5.32 Å². The number of hydrogen-bond donors (Lipinski definition) is 1. The maximum Gasteiger partial charge on any atom is 0.168 e. The van der Waals surface area contributed by atoms with Crippen molar-refractivity contribution in [3.63, 3.8) is 0 Å². The number of pyridine rings is 1. The van der Waals surface area contributed by atoms with Crippen molar-refractivity contribution in [1.82, 2.24) is 15.0 Å². The second-order valence-electron chi connectivity index (χ2n) is 6.03. The normalized spacial score (nSPS) is 11.2. The van der Waals surface area contributed by atoms with Gasteiger partial charge in [-0.2, -0.15) is 0 Å². The van der Waals surface area contributed by atoms with Gasteiger partial charge in [0.15, 0.2) is 11.0 Å². The molecule has 124 valence electrons. The minimum absolute atomic E-state index is 0.132. The molecule has 0 unspecified atom stereocenters. The van der Waals surface area contributed by atoms with Gasteiger partial charge in [0.25, 0.3) is 0 Å². The molecule has 0 aliphatic heterocycles. The maximum absolute atomic E-state index is 14.2. The number of rotatable bonds is 5. The summed E-state index contributed by atoms with van der Waals surface area (Å²) in [7, 11) is 0. The van der Waals surface area contributed by atoms with Crippen molar-refractivity contribution in [3.8, 4) is 11.1 Å². The first-order valence-electron chi connectivity index (χ1n) is 7.85. The summed E-state index contributed by atoms with van der Waals surface area (Å²) in [4.78, 5) is 12.4. The Kier molecular flexibility index (Phi) is 4.90. The lowest BCUT2D eigenvalue weighted by atomic mass is 10.0. The summed E-state index contributed by atoms with van der Waals surface area (Å²) in [5, 5.41) is 4.06. The molecule has 0 spiro atoms. The molecular formula is C18H18ClFN4. The first-order valence-corrected chi connectivity index (χ1v) is 8.23. The number of benzene rings is 1. The van der Waals surface area contributed by atoms with Crippen LogP contribution in [0.4, 0.5) is 10.2 Å². The SMILES string of the molecule is CC(C)CCNc1ncnc2ccc(-c3ccnc(Cl)c3F)cc12. The van der Waals surface area contributed by atoms with Crippen LogP contribution in [0.15, 0.2) is 36.8 Å². The maximum atomic E-state index is 14.2. The predicted octanol–water partition coefficient (Wildman–Crippen LogP) is 4.94. The van der Waals surface area contributed by atoms with Crippen LogP contribution in [0, 0.1) is 11.7 Å². The average molecular weight is 345 g/mol. The standard InChI is InChI=1S/C18H18ClFN4/c1-11(2)5-7-22-18-14-9-12(3-4-15(14)23-10-24-18)13-6-8-21-17(19)16(13)20/h3-4,6,8-11H,5,7H2,1-2H3,(H,22,23,24). The molecule has 0 saturated carbocycles. The summed E-state index contributed by atoms with van der Waals surface area (Å²) < 4.78 is 14.2. The Balaban J connectivity index is 2.01. The number of fused-ring (bicyclic) bond motifs is 1. The van der Waals surface area contributed by atoms with Crippen molar-refractivity contribution in [1.29, 1.82) is 0 Å². The lowest BCUT2D eigenvalue weighted by molar-refractivity contribution is 0.607. The molecule has 0 fully saturated rings. The van der Waals surface area contributed by atoms with Gasteiger partial charge in [-0.05, 0) is 36.1 Å². The summed E-state index contributed by atoms with van der Waals surface area (Å²) in [6.07, 6.45) is 4.07. The molecule has 3 rings (SSSR count). The van der Waals surface area contributed by atoms with Gasteiger partial charge in [0.05, 0.1) is 5.52 Å². The zero-order chi connectivity index (χ0) is 17.1. The van der Waals surface area contributed by atoms with Crippen molar-refractivity contribution >= 4 is 28.3 Å². The molecule has 4 nitrogen and oxygen atoms in total. The smallest absolute Gasteiger partial charge is 0.168 e. The van der Waals surface area contributed by atoms with Crippen LogP contribution in [0.25, 0.3) is 22.0 Å². The van der Waals surface area contributed by atoms with Gasteiger partial charge in [-0.1, -0.05) is 31.5 Å². The summed E-state index contributed by atoms with van der Waals surface area (Å²) in [5.74, 6) is 0.835. The first-order chi connectivity index (χ1) is 11.6. The molecule has 0 radical (unpaired) electrons. The van der Waals surface area contributed by atoms with Crippen LogP contribution in [-0.4, -0.2) is 21.5 Å². The van der Waals surface area contributed by atoms with E-state index >= 15 is 0 Å². The fraction of sp³-hybridized carbons (Fsp3) is 0.278. The summed E-state index contributed by atoms with van der Waals surface area (Å²) in [6.45, 7) is 5.17. The van der Waals surface area contributed by atoms with Crippen molar-refractivity contribution in [2.24, 2.45) is 5.92 Å². The Hall–Kier alpha value is -2.27. The number of nitrogens with zero attached hydrogens (tertiary/aromatic N) is 3. The first kappa shape index (κ1) is 16.6. The van der Waals surface area contributed by atoms with Crippen molar-refractivity contribution < 1.29 is 4.39 Å². The zero-order valence-corrected chi connectivity index (χ0v) is 14.3. The van der Waals surface area contributed by atoms with Gasteiger partial charge in [0.2, 0.25) is 0 Å². The van der Waals surface area contributed by atoms with E-state index in [1.807, 2.05) is 18.2 Å². The third kappa shape index (κ3) is 3.46. The molecule has 0 atom stereocenters. The summed E-state index contributed by atoms with van der Waals surface area (Å²) >= 11 is 5.79. The molecule has 0 aliphatic carbocycles. The fourth-order valence-corrected chi connectivity index (χ4v) is 2.64. The van der Waals surface area contributed by atoms with Crippen molar-refractivity contribution in [2.75, 3.05) is 11.9 Å². The number of nitrogens with one attached hydrogen (secondary N) is 1. The van der Waals surface area contributed by atoms with Gasteiger partial charge in [-0.15, -0.1) is 0 Å². The van der Waals surface area contributed by atoms with E-state index in [1.54, 1.807) is 6.07 Å². The third-order valence-electron chi connectivity index (χ3n) is 3.81. The van der Waals surface area contributed by atoms with Gasteiger partial charge in [-0.25, -0.2) is 19.3 Å². The van der Waals surface area contributed by atoms with Gasteiger partial charge >= 0.3 is 0 Å². The molecule has 6 heteroatoms. The Morgan fingerprint density at radius 2 is 2.00 bits per heavy atom. The molecular weight excluding hydrogens is 327 g/mol. The van der Waals surface area contributed by atoms with Crippen LogP contribution in [-0.2, 0) is 0 Å². The second-order valence-corrected chi connectivity index (χ2v) is 6.38. The number of aromatic nitrogens is 3. The highest BCUT2D eigenvalue weighted by atomic mass is 35.5. The molecule has 1 N–H and O–H groups in total. The Labute approximate surface area is 145 Å². The summed E-state index contributed by atoms with van der Waals surface area (Å²) in [6, 6.07) is 7.16. The number of hydrogen-bond acceptors (Lipinski definition) is 4. The molecule has 1 aromatic carbocycles. The van der Waals surface area contributed by atoms with Crippen LogP contribution in [0.2, 0.25) is 5.15 Å². The van der Waals surface area contributed by atoms with Crippen LogP contribution in [0.5, 0.6) is 0 Å². The van der Waals surface area contributed by atoms with Crippen molar-refractivity contribution in [2.45, 2.75) is 20.3 Å². The van der Waals surface area contributed by atoms with E-state index in [0.717, 1.165) is 29.7 Å². The molecule has 0 saturated heterocycles. The van der Waals surface area contributed by atoms with E-state index in [1.165, 1.54) is 12.5 Å². The Morgan fingerprint density at radius 3 is 2.79 bits per heavy atom. The highest BCUT2D eigenvalue weighted by molar-refractivity contribution is 6.29. The molecule has 0 aliphatic rings. The largest absolute Gasteiger partial charge is 0.369 e. The van der Waals surface area contributed by atoms with E-state index in [9.17, 15) is 4.39 Å². The van der Waals surface area contributed by atoms with Gasteiger partial charge in [0, 0.05) is 23.7 Å². The third-order valence-corrected chi connectivity index (χ3v) is 4.07. The lowest BCUT2D eigenvalue weighted by Gasteiger charge is -2.11. The average Bonchev–Trinajstić information content (AvgIpc) is 2.57.